The molecule has 128 valence electrons. The van der Waals surface area contributed by atoms with E-state index in [9.17, 15) is 4.79 Å². The van der Waals surface area contributed by atoms with Gasteiger partial charge in [0.1, 0.15) is 5.75 Å². The fourth-order valence-corrected chi connectivity index (χ4v) is 2.51. The molecule has 0 fully saturated rings. The average molecular weight is 391 g/mol. The summed E-state index contributed by atoms with van der Waals surface area (Å²) < 4.78 is 6.64. The number of anilines is 2. The largest absolute Gasteiger partial charge is 0.491 e. The minimum Gasteiger partial charge on any atom is -0.491 e. The Hall–Kier alpha value is -2.01. The summed E-state index contributed by atoms with van der Waals surface area (Å²) in [5.41, 5.74) is 2.95. The number of carbonyl (C=O) groups is 1. The second-order valence-electron chi connectivity index (χ2n) is 5.88. The Morgan fingerprint density at radius 3 is 2.42 bits per heavy atom. The van der Waals surface area contributed by atoms with Gasteiger partial charge < -0.3 is 15.4 Å². The summed E-state index contributed by atoms with van der Waals surface area (Å²) in [4.78, 5) is 12.0. The molecule has 0 atom stereocenters. The number of hydrogen-bond acceptors (Lipinski definition) is 3. The summed E-state index contributed by atoms with van der Waals surface area (Å²) in [5.74, 6) is 0.779. The van der Waals surface area contributed by atoms with Crippen LogP contribution in [0.5, 0.6) is 5.75 Å². The molecule has 2 N–H and O–H groups in total. The molecule has 0 bridgehead atoms. The third kappa shape index (κ3) is 5.89. The van der Waals surface area contributed by atoms with Crippen molar-refractivity contribution in [1.82, 2.24) is 0 Å². The van der Waals surface area contributed by atoms with Gasteiger partial charge in [0.05, 0.1) is 6.10 Å². The van der Waals surface area contributed by atoms with Crippen LogP contribution in [0.1, 0.15) is 25.8 Å². The normalized spacial score (nSPS) is 10.5. The van der Waals surface area contributed by atoms with Gasteiger partial charge in [-0.2, -0.15) is 0 Å². The van der Waals surface area contributed by atoms with E-state index in [-0.39, 0.29) is 12.0 Å². The van der Waals surface area contributed by atoms with Crippen molar-refractivity contribution in [3.8, 4) is 5.75 Å². The molecule has 2 aromatic rings. The van der Waals surface area contributed by atoms with E-state index in [1.165, 1.54) is 5.56 Å². The number of halogens is 1. The van der Waals surface area contributed by atoms with Gasteiger partial charge in [-0.25, -0.2) is 0 Å². The first-order valence-corrected chi connectivity index (χ1v) is 8.80. The van der Waals surface area contributed by atoms with E-state index in [2.05, 4.69) is 26.6 Å². The van der Waals surface area contributed by atoms with Gasteiger partial charge in [0.15, 0.2) is 0 Å². The smallest absolute Gasteiger partial charge is 0.226 e. The molecule has 0 aliphatic carbocycles. The maximum Gasteiger partial charge on any atom is 0.226 e. The molecule has 24 heavy (non-hydrogen) atoms. The Labute approximate surface area is 151 Å². The first-order valence-electron chi connectivity index (χ1n) is 8.00. The van der Waals surface area contributed by atoms with Crippen molar-refractivity contribution < 1.29 is 9.53 Å². The quantitative estimate of drug-likeness (QED) is 0.700. The lowest BCUT2D eigenvalue weighted by Crippen LogP contribution is -2.16. The number of benzene rings is 2. The monoisotopic (exact) mass is 390 g/mol. The van der Waals surface area contributed by atoms with Crippen LogP contribution in [0, 0.1) is 6.92 Å². The summed E-state index contributed by atoms with van der Waals surface area (Å²) in [7, 11) is 0. The Bertz CT molecular complexity index is 684. The molecular weight excluding hydrogens is 368 g/mol. The van der Waals surface area contributed by atoms with Crippen molar-refractivity contribution in [1.29, 1.82) is 0 Å². The number of hydrogen-bond donors (Lipinski definition) is 2. The summed E-state index contributed by atoms with van der Waals surface area (Å²) in [6, 6.07) is 13.5. The number of aryl methyl sites for hydroxylation is 1. The number of carbonyl (C=O) groups excluding carboxylic acids is 1. The molecule has 4 nitrogen and oxygen atoms in total. The molecule has 0 unspecified atom stereocenters. The minimum absolute atomic E-state index is 0.0220. The highest BCUT2D eigenvalue weighted by atomic mass is 79.9. The van der Waals surface area contributed by atoms with Crippen molar-refractivity contribution in [2.75, 3.05) is 17.2 Å². The maximum atomic E-state index is 12.0. The van der Waals surface area contributed by atoms with E-state index < -0.39 is 0 Å². The van der Waals surface area contributed by atoms with Crippen LogP contribution in [0.25, 0.3) is 0 Å². The van der Waals surface area contributed by atoms with E-state index in [4.69, 9.17) is 4.74 Å². The van der Waals surface area contributed by atoms with Gasteiger partial charge in [0.2, 0.25) is 5.91 Å². The lowest BCUT2D eigenvalue weighted by molar-refractivity contribution is -0.115. The van der Waals surface area contributed by atoms with E-state index in [1.54, 1.807) is 0 Å². The van der Waals surface area contributed by atoms with Gasteiger partial charge in [-0.1, -0.05) is 22.0 Å². The van der Waals surface area contributed by atoms with Crippen molar-refractivity contribution in [2.24, 2.45) is 0 Å². The zero-order valence-electron chi connectivity index (χ0n) is 14.2. The Balaban J connectivity index is 1.77. The Morgan fingerprint density at radius 1 is 1.12 bits per heavy atom. The zero-order chi connectivity index (χ0) is 17.5. The number of rotatable bonds is 7. The van der Waals surface area contributed by atoms with Crippen LogP contribution < -0.4 is 15.4 Å². The molecular formula is C19H23BrN2O2. The van der Waals surface area contributed by atoms with Gasteiger partial charge in [-0.15, -0.1) is 0 Å². The van der Waals surface area contributed by atoms with E-state index in [1.807, 2.05) is 63.2 Å². The molecule has 0 aliphatic heterocycles. The van der Waals surface area contributed by atoms with Gasteiger partial charge in [-0.05, 0) is 62.7 Å². The Kier molecular flexibility index (Phi) is 6.67. The van der Waals surface area contributed by atoms with Crippen molar-refractivity contribution in [2.45, 2.75) is 33.3 Å². The maximum absolute atomic E-state index is 12.0. The van der Waals surface area contributed by atoms with Crippen LogP contribution in [0.2, 0.25) is 0 Å². The molecule has 0 saturated heterocycles. The third-order valence-corrected chi connectivity index (χ3v) is 4.22. The average Bonchev–Trinajstić information content (AvgIpc) is 2.52. The molecule has 0 aromatic heterocycles. The summed E-state index contributed by atoms with van der Waals surface area (Å²) >= 11 is 3.50. The molecule has 0 spiro atoms. The molecule has 2 rings (SSSR count). The molecule has 2 aromatic carbocycles. The standard InChI is InChI=1S/C19H23BrN2O2/c1-13(2)24-17-8-6-15(7-9-17)22-19(23)10-11-21-16-5-4-14(3)18(20)12-16/h4-9,12-13,21H,10-11H2,1-3H3,(H,22,23). The summed E-state index contributed by atoms with van der Waals surface area (Å²) in [6.45, 7) is 6.58. The van der Waals surface area contributed by atoms with Crippen molar-refractivity contribution in [3.63, 3.8) is 0 Å². The summed E-state index contributed by atoms with van der Waals surface area (Å²) in [5, 5.41) is 6.13. The van der Waals surface area contributed by atoms with E-state index in [0.29, 0.717) is 13.0 Å². The molecule has 0 saturated carbocycles. The first kappa shape index (κ1) is 18.3. The molecule has 5 heteroatoms. The Morgan fingerprint density at radius 2 is 1.79 bits per heavy atom. The molecule has 1 amide bonds. The molecule has 0 aliphatic rings. The molecule has 0 radical (unpaired) electrons. The second-order valence-corrected chi connectivity index (χ2v) is 6.73. The first-order chi connectivity index (χ1) is 11.4. The highest BCUT2D eigenvalue weighted by molar-refractivity contribution is 9.10. The van der Waals surface area contributed by atoms with E-state index in [0.717, 1.165) is 21.6 Å². The van der Waals surface area contributed by atoms with Gasteiger partial charge in [0, 0.05) is 28.8 Å². The van der Waals surface area contributed by atoms with Crippen LogP contribution in [0.3, 0.4) is 0 Å². The fourth-order valence-electron chi connectivity index (χ4n) is 2.14. The van der Waals surface area contributed by atoms with Crippen molar-refractivity contribution >= 4 is 33.2 Å². The van der Waals surface area contributed by atoms with Crippen LogP contribution in [-0.2, 0) is 4.79 Å². The highest BCUT2D eigenvalue weighted by Crippen LogP contribution is 2.20. The number of nitrogens with one attached hydrogen (secondary N) is 2. The minimum atomic E-state index is -0.0220. The van der Waals surface area contributed by atoms with Gasteiger partial charge in [-0.3, -0.25) is 4.79 Å². The zero-order valence-corrected chi connectivity index (χ0v) is 15.8. The van der Waals surface area contributed by atoms with Crippen LogP contribution in [-0.4, -0.2) is 18.6 Å². The highest BCUT2D eigenvalue weighted by Gasteiger charge is 2.04. The predicted molar refractivity (Wildman–Crippen MR) is 103 cm³/mol. The van der Waals surface area contributed by atoms with Crippen LogP contribution in [0.15, 0.2) is 46.9 Å². The fraction of sp³-hybridized carbons (Fsp3) is 0.316. The van der Waals surface area contributed by atoms with Crippen LogP contribution >= 0.6 is 15.9 Å². The van der Waals surface area contributed by atoms with Gasteiger partial charge in [0.25, 0.3) is 0 Å². The second kappa shape index (κ2) is 8.73. The molecule has 0 heterocycles. The predicted octanol–water partition coefficient (Wildman–Crippen LogP) is 4.99. The third-order valence-electron chi connectivity index (χ3n) is 3.36. The lowest BCUT2D eigenvalue weighted by atomic mass is 10.2. The van der Waals surface area contributed by atoms with E-state index >= 15 is 0 Å². The van der Waals surface area contributed by atoms with Crippen LogP contribution in [0.4, 0.5) is 11.4 Å². The topological polar surface area (TPSA) is 50.4 Å². The van der Waals surface area contributed by atoms with Gasteiger partial charge >= 0.3 is 0 Å². The summed E-state index contributed by atoms with van der Waals surface area (Å²) in [6.07, 6.45) is 0.536. The SMILES string of the molecule is Cc1ccc(NCCC(=O)Nc2ccc(OC(C)C)cc2)cc1Br. The number of ether oxygens (including phenoxy) is 1. The lowest BCUT2D eigenvalue weighted by Gasteiger charge is -2.11. The number of amides is 1. The van der Waals surface area contributed by atoms with Crippen molar-refractivity contribution in [3.05, 3.63) is 52.5 Å².